The van der Waals surface area contributed by atoms with E-state index in [9.17, 15) is 9.18 Å². The van der Waals surface area contributed by atoms with Gasteiger partial charge in [0.15, 0.2) is 0 Å². The predicted molar refractivity (Wildman–Crippen MR) is 66.1 cm³/mol. The molecule has 0 unspecified atom stereocenters. The Kier molecular flexibility index (Phi) is 2.53. The van der Waals surface area contributed by atoms with Crippen molar-refractivity contribution in [3.8, 4) is 0 Å². The van der Waals surface area contributed by atoms with Gasteiger partial charge in [-0.25, -0.2) is 4.39 Å². The van der Waals surface area contributed by atoms with E-state index in [1.165, 1.54) is 6.07 Å². The van der Waals surface area contributed by atoms with E-state index >= 15 is 0 Å². The summed E-state index contributed by atoms with van der Waals surface area (Å²) in [5.74, 6) is -0.545. The maximum absolute atomic E-state index is 13.4. The third-order valence-electron chi connectivity index (χ3n) is 4.41. The number of para-hydroxylation sites is 1. The zero-order chi connectivity index (χ0) is 12.8. The fraction of sp³-hybridized carbons (Fsp3) is 0.500. The van der Waals surface area contributed by atoms with Crippen molar-refractivity contribution in [3.63, 3.8) is 0 Å². The van der Waals surface area contributed by atoms with E-state index in [1.54, 1.807) is 18.2 Å². The van der Waals surface area contributed by atoms with Gasteiger partial charge in [0.05, 0.1) is 5.69 Å². The fourth-order valence-corrected chi connectivity index (χ4v) is 2.62. The van der Waals surface area contributed by atoms with Crippen LogP contribution in [-0.4, -0.2) is 5.91 Å². The first-order valence-corrected chi connectivity index (χ1v) is 5.84. The Labute approximate surface area is 101 Å². The van der Waals surface area contributed by atoms with Crippen LogP contribution in [0.1, 0.15) is 27.7 Å². The number of amides is 1. The largest absolute Gasteiger partial charge is 0.323 e. The molecule has 92 valence electrons. The highest BCUT2D eigenvalue weighted by molar-refractivity contribution is 5.96. The molecule has 1 saturated carbocycles. The average Bonchev–Trinajstić information content (AvgIpc) is 2.61. The van der Waals surface area contributed by atoms with Gasteiger partial charge in [-0.1, -0.05) is 39.8 Å². The van der Waals surface area contributed by atoms with Crippen molar-refractivity contribution in [2.45, 2.75) is 27.7 Å². The Morgan fingerprint density at radius 2 is 1.71 bits per heavy atom. The second-order valence-corrected chi connectivity index (χ2v) is 5.85. The molecule has 0 bridgehead atoms. The zero-order valence-corrected chi connectivity index (χ0v) is 10.7. The van der Waals surface area contributed by atoms with E-state index in [0.29, 0.717) is 0 Å². The molecule has 0 heterocycles. The molecule has 1 fully saturated rings. The Morgan fingerprint density at radius 1 is 1.18 bits per heavy atom. The Hall–Kier alpha value is -1.38. The lowest BCUT2D eigenvalue weighted by Crippen LogP contribution is -2.18. The summed E-state index contributed by atoms with van der Waals surface area (Å²) in [5.41, 5.74) is 0.209. The van der Waals surface area contributed by atoms with Crippen molar-refractivity contribution in [2.75, 3.05) is 5.32 Å². The number of anilines is 1. The van der Waals surface area contributed by atoms with Crippen LogP contribution in [0.25, 0.3) is 0 Å². The third kappa shape index (κ3) is 1.74. The molecule has 0 spiro atoms. The summed E-state index contributed by atoms with van der Waals surface area (Å²) >= 11 is 0. The van der Waals surface area contributed by atoms with Gasteiger partial charge in [-0.2, -0.15) is 0 Å². The number of carbonyl (C=O) groups excluding carboxylic acids is 1. The molecule has 3 heteroatoms. The van der Waals surface area contributed by atoms with Crippen LogP contribution in [0.15, 0.2) is 24.3 Å². The first-order valence-electron chi connectivity index (χ1n) is 5.84. The molecule has 17 heavy (non-hydrogen) atoms. The lowest BCUT2D eigenvalue weighted by Gasteiger charge is -2.07. The summed E-state index contributed by atoms with van der Waals surface area (Å²) in [6, 6.07) is 6.24. The molecule has 0 radical (unpaired) electrons. The second-order valence-electron chi connectivity index (χ2n) is 5.85. The molecule has 2 rings (SSSR count). The van der Waals surface area contributed by atoms with Crippen LogP contribution in [0.4, 0.5) is 10.1 Å². The van der Waals surface area contributed by atoms with E-state index in [4.69, 9.17) is 0 Å². The molecule has 1 aromatic rings. The van der Waals surface area contributed by atoms with Crippen molar-refractivity contribution in [3.05, 3.63) is 30.1 Å². The summed E-state index contributed by atoms with van der Waals surface area (Å²) in [7, 11) is 0. The van der Waals surface area contributed by atoms with Crippen molar-refractivity contribution >= 4 is 11.6 Å². The molecule has 1 aromatic carbocycles. The minimum Gasteiger partial charge on any atom is -0.323 e. The molecule has 0 atom stereocenters. The third-order valence-corrected chi connectivity index (χ3v) is 4.41. The van der Waals surface area contributed by atoms with Crippen LogP contribution in [0, 0.1) is 22.6 Å². The SMILES string of the molecule is CC1(C)C(C(=O)Nc2ccccc2F)C1(C)C. The van der Waals surface area contributed by atoms with Crippen LogP contribution in [0.5, 0.6) is 0 Å². The smallest absolute Gasteiger partial charge is 0.228 e. The highest BCUT2D eigenvalue weighted by Gasteiger charge is 2.68. The van der Waals surface area contributed by atoms with Gasteiger partial charge < -0.3 is 5.32 Å². The monoisotopic (exact) mass is 235 g/mol. The van der Waals surface area contributed by atoms with Gasteiger partial charge in [0.1, 0.15) is 5.82 Å². The summed E-state index contributed by atoms with van der Waals surface area (Å²) < 4.78 is 13.4. The molecular weight excluding hydrogens is 217 g/mol. The average molecular weight is 235 g/mol. The predicted octanol–water partition coefficient (Wildman–Crippen LogP) is 3.45. The molecular formula is C14H18FNO. The molecule has 1 aliphatic rings. The topological polar surface area (TPSA) is 29.1 Å². The number of rotatable bonds is 2. The highest BCUT2D eigenvalue weighted by Crippen LogP contribution is 2.68. The number of hydrogen-bond donors (Lipinski definition) is 1. The number of nitrogens with one attached hydrogen (secondary N) is 1. The van der Waals surface area contributed by atoms with E-state index in [1.807, 2.05) is 0 Å². The van der Waals surface area contributed by atoms with Crippen LogP contribution in [0.3, 0.4) is 0 Å². The van der Waals surface area contributed by atoms with Crippen molar-refractivity contribution in [1.82, 2.24) is 0 Å². The first kappa shape index (κ1) is 12.1. The van der Waals surface area contributed by atoms with Crippen molar-refractivity contribution in [1.29, 1.82) is 0 Å². The van der Waals surface area contributed by atoms with Crippen LogP contribution in [-0.2, 0) is 4.79 Å². The van der Waals surface area contributed by atoms with Gasteiger partial charge in [-0.15, -0.1) is 0 Å². The Morgan fingerprint density at radius 3 is 2.18 bits per heavy atom. The number of carbonyl (C=O) groups is 1. The lowest BCUT2D eigenvalue weighted by atomic mass is 10.0. The van der Waals surface area contributed by atoms with Crippen molar-refractivity contribution in [2.24, 2.45) is 16.7 Å². The summed E-state index contributed by atoms with van der Waals surface area (Å²) in [6.45, 7) is 8.27. The summed E-state index contributed by atoms with van der Waals surface area (Å²) in [4.78, 5) is 12.1. The van der Waals surface area contributed by atoms with Gasteiger partial charge in [0.2, 0.25) is 5.91 Å². The minimum atomic E-state index is -0.392. The van der Waals surface area contributed by atoms with E-state index in [-0.39, 0.29) is 28.3 Å². The maximum Gasteiger partial charge on any atom is 0.228 e. The molecule has 0 aromatic heterocycles. The quantitative estimate of drug-likeness (QED) is 0.835. The van der Waals surface area contributed by atoms with Gasteiger partial charge in [-0.3, -0.25) is 4.79 Å². The molecule has 0 saturated heterocycles. The van der Waals surface area contributed by atoms with Gasteiger partial charge in [-0.05, 0) is 23.0 Å². The summed E-state index contributed by atoms with van der Waals surface area (Å²) in [6.07, 6.45) is 0. The highest BCUT2D eigenvalue weighted by atomic mass is 19.1. The molecule has 1 amide bonds. The Balaban J connectivity index is 2.13. The van der Waals surface area contributed by atoms with E-state index in [2.05, 4.69) is 33.0 Å². The maximum atomic E-state index is 13.4. The molecule has 0 aliphatic heterocycles. The standard InChI is InChI=1S/C14H18FNO/c1-13(2)11(14(13,3)4)12(17)16-10-8-6-5-7-9(10)15/h5-8,11H,1-4H3,(H,16,17). The molecule has 1 N–H and O–H groups in total. The second kappa shape index (κ2) is 3.56. The van der Waals surface area contributed by atoms with Crippen LogP contribution < -0.4 is 5.32 Å². The van der Waals surface area contributed by atoms with Crippen molar-refractivity contribution < 1.29 is 9.18 Å². The normalized spacial score (nSPS) is 21.0. The zero-order valence-electron chi connectivity index (χ0n) is 10.7. The number of benzene rings is 1. The lowest BCUT2D eigenvalue weighted by molar-refractivity contribution is -0.118. The first-order chi connectivity index (χ1) is 7.78. The van der Waals surface area contributed by atoms with E-state index in [0.717, 1.165) is 0 Å². The number of hydrogen-bond acceptors (Lipinski definition) is 1. The Bertz CT molecular complexity index is 451. The number of halogens is 1. The molecule has 2 nitrogen and oxygen atoms in total. The van der Waals surface area contributed by atoms with Crippen LogP contribution >= 0.6 is 0 Å². The van der Waals surface area contributed by atoms with Crippen LogP contribution in [0.2, 0.25) is 0 Å². The van der Waals surface area contributed by atoms with Gasteiger partial charge >= 0.3 is 0 Å². The molecule has 1 aliphatic carbocycles. The van der Waals surface area contributed by atoms with Gasteiger partial charge in [0, 0.05) is 5.92 Å². The fourth-order valence-electron chi connectivity index (χ4n) is 2.62. The summed E-state index contributed by atoms with van der Waals surface area (Å²) in [5, 5.41) is 2.67. The van der Waals surface area contributed by atoms with Gasteiger partial charge in [0.25, 0.3) is 0 Å². The minimum absolute atomic E-state index is 0.0255. The van der Waals surface area contributed by atoms with E-state index < -0.39 is 5.82 Å².